The molecule has 1 rings (SSSR count). The van der Waals surface area contributed by atoms with Crippen LogP contribution in [0.4, 0.5) is 5.69 Å². The van der Waals surface area contributed by atoms with Gasteiger partial charge in [-0.25, -0.2) is 0 Å². The summed E-state index contributed by atoms with van der Waals surface area (Å²) in [5, 5.41) is 8.13. The predicted molar refractivity (Wildman–Crippen MR) is 124 cm³/mol. The molecule has 0 aliphatic rings. The van der Waals surface area contributed by atoms with E-state index in [2.05, 4.69) is 16.0 Å². The smallest absolute Gasteiger partial charge is 0.311 e. The third kappa shape index (κ3) is 8.69. The molecule has 0 aliphatic heterocycles. The molecule has 3 amide bonds. The van der Waals surface area contributed by atoms with Crippen molar-refractivity contribution in [2.75, 3.05) is 5.32 Å². The van der Waals surface area contributed by atoms with Crippen LogP contribution in [0.3, 0.4) is 0 Å². The Balaban J connectivity index is 2.64. The molecule has 0 fully saturated rings. The van der Waals surface area contributed by atoms with Gasteiger partial charge in [0.05, 0.1) is 5.41 Å². The van der Waals surface area contributed by atoms with Crippen molar-refractivity contribution in [3.63, 3.8) is 0 Å². The van der Waals surface area contributed by atoms with Crippen LogP contribution in [-0.2, 0) is 30.5 Å². The van der Waals surface area contributed by atoms with Gasteiger partial charge in [0.2, 0.25) is 17.7 Å². The highest BCUT2D eigenvalue weighted by Crippen LogP contribution is 2.17. The Hall–Kier alpha value is -2.90. The second-order valence-corrected chi connectivity index (χ2v) is 9.63. The number of anilines is 1. The number of hydrogen-bond acceptors (Lipinski definition) is 5. The minimum atomic E-state index is -0.799. The summed E-state index contributed by atoms with van der Waals surface area (Å²) in [7, 11) is 0. The minimum absolute atomic E-state index is 0.132. The number of hydrogen-bond donors (Lipinski definition) is 3. The van der Waals surface area contributed by atoms with Crippen molar-refractivity contribution in [2.24, 2.45) is 17.3 Å². The number of ether oxygens (including phenoxy) is 1. The predicted octanol–water partition coefficient (Wildman–Crippen LogP) is 3.02. The first-order chi connectivity index (χ1) is 14.7. The van der Waals surface area contributed by atoms with Gasteiger partial charge in [0.1, 0.15) is 18.7 Å². The van der Waals surface area contributed by atoms with Gasteiger partial charge in [-0.05, 0) is 51.3 Å². The normalized spacial score (nSPS) is 13.3. The lowest BCUT2D eigenvalue weighted by atomic mass is 9.97. The van der Waals surface area contributed by atoms with Gasteiger partial charge in [-0.15, -0.1) is 0 Å². The average Bonchev–Trinajstić information content (AvgIpc) is 2.69. The number of carbonyl (C=O) groups excluding carboxylic acids is 4. The van der Waals surface area contributed by atoms with Crippen molar-refractivity contribution in [1.29, 1.82) is 0 Å². The molecule has 8 nitrogen and oxygen atoms in total. The summed E-state index contributed by atoms with van der Waals surface area (Å²) in [5.74, 6) is -1.68. The Morgan fingerprint density at radius 2 is 1.41 bits per heavy atom. The summed E-state index contributed by atoms with van der Waals surface area (Å²) in [6.45, 7) is 14.2. The maximum absolute atomic E-state index is 12.6. The Morgan fingerprint density at radius 3 is 1.88 bits per heavy atom. The summed E-state index contributed by atoms with van der Waals surface area (Å²) < 4.78 is 5.28. The van der Waals surface area contributed by atoms with Crippen molar-refractivity contribution in [3.05, 3.63) is 29.8 Å². The lowest BCUT2D eigenvalue weighted by molar-refractivity contribution is -0.154. The lowest BCUT2D eigenvalue weighted by Crippen LogP contribution is -2.54. The molecule has 3 N–H and O–H groups in total. The van der Waals surface area contributed by atoms with Gasteiger partial charge in [-0.2, -0.15) is 0 Å². The van der Waals surface area contributed by atoms with Crippen LogP contribution in [0.25, 0.3) is 0 Å². The van der Waals surface area contributed by atoms with Crippen LogP contribution >= 0.6 is 0 Å². The van der Waals surface area contributed by atoms with Crippen molar-refractivity contribution in [3.8, 4) is 0 Å². The van der Waals surface area contributed by atoms with Crippen LogP contribution in [0.2, 0.25) is 0 Å². The summed E-state index contributed by atoms with van der Waals surface area (Å²) in [4.78, 5) is 48.9. The molecular weight excluding hydrogens is 410 g/mol. The van der Waals surface area contributed by atoms with Crippen molar-refractivity contribution in [2.45, 2.75) is 74.1 Å². The maximum atomic E-state index is 12.6. The number of rotatable bonds is 9. The van der Waals surface area contributed by atoms with E-state index in [1.165, 1.54) is 0 Å². The van der Waals surface area contributed by atoms with E-state index in [0.717, 1.165) is 5.56 Å². The highest BCUT2D eigenvalue weighted by atomic mass is 16.5. The SMILES string of the molecule is CC(C)C(=O)NC(C(=O)NC(C)C(=O)Nc1ccc(COC(=O)C(C)(C)C)cc1)C(C)C. The van der Waals surface area contributed by atoms with Crippen LogP contribution in [0, 0.1) is 17.3 Å². The fraction of sp³-hybridized carbons (Fsp3) is 0.583. The molecule has 0 aliphatic carbocycles. The van der Waals surface area contributed by atoms with Crippen LogP contribution in [0.15, 0.2) is 24.3 Å². The largest absolute Gasteiger partial charge is 0.460 e. The second kappa shape index (κ2) is 11.6. The zero-order valence-corrected chi connectivity index (χ0v) is 20.4. The summed E-state index contributed by atoms with van der Waals surface area (Å²) in [5.41, 5.74) is 0.777. The van der Waals surface area contributed by atoms with Gasteiger partial charge < -0.3 is 20.7 Å². The molecule has 178 valence electrons. The van der Waals surface area contributed by atoms with Gasteiger partial charge in [-0.1, -0.05) is 39.8 Å². The van der Waals surface area contributed by atoms with Gasteiger partial charge >= 0.3 is 5.97 Å². The topological polar surface area (TPSA) is 114 Å². The Bertz CT molecular complexity index is 810. The van der Waals surface area contributed by atoms with Gasteiger partial charge in [0.15, 0.2) is 0 Å². The quantitative estimate of drug-likeness (QED) is 0.504. The van der Waals surface area contributed by atoms with Gasteiger partial charge in [-0.3, -0.25) is 19.2 Å². The van der Waals surface area contributed by atoms with Crippen LogP contribution in [0.5, 0.6) is 0 Å². The first-order valence-electron chi connectivity index (χ1n) is 10.9. The first-order valence-corrected chi connectivity index (χ1v) is 10.9. The van der Waals surface area contributed by atoms with E-state index >= 15 is 0 Å². The molecular formula is C24H37N3O5. The highest BCUT2D eigenvalue weighted by Gasteiger charge is 2.27. The van der Waals surface area contributed by atoms with E-state index in [-0.39, 0.29) is 36.2 Å². The van der Waals surface area contributed by atoms with Crippen molar-refractivity contribution < 1.29 is 23.9 Å². The molecule has 8 heteroatoms. The number of esters is 1. The maximum Gasteiger partial charge on any atom is 0.311 e. The second-order valence-electron chi connectivity index (χ2n) is 9.63. The van der Waals surface area contributed by atoms with E-state index in [1.807, 2.05) is 13.8 Å². The first kappa shape index (κ1) is 27.1. The van der Waals surface area contributed by atoms with E-state index in [9.17, 15) is 19.2 Å². The fourth-order valence-electron chi connectivity index (χ4n) is 2.52. The molecule has 32 heavy (non-hydrogen) atoms. The molecule has 2 unspecified atom stereocenters. The van der Waals surface area contributed by atoms with Gasteiger partial charge in [0.25, 0.3) is 0 Å². The average molecular weight is 448 g/mol. The molecule has 0 saturated carbocycles. The molecule has 0 heterocycles. The van der Waals surface area contributed by atoms with Gasteiger partial charge in [0, 0.05) is 11.6 Å². The van der Waals surface area contributed by atoms with Crippen LogP contribution in [-0.4, -0.2) is 35.8 Å². The summed E-state index contributed by atoms with van der Waals surface area (Å²) in [6.07, 6.45) is 0. The molecule has 2 atom stereocenters. The Labute approximate surface area is 190 Å². The van der Waals surface area contributed by atoms with Crippen molar-refractivity contribution >= 4 is 29.4 Å². The standard InChI is InChI=1S/C24H37N3O5/c1-14(2)19(27-20(28)15(3)4)22(30)25-16(5)21(29)26-18-11-9-17(10-12-18)13-32-23(31)24(6,7)8/h9-12,14-16,19H,13H2,1-8H3,(H,25,30)(H,26,29)(H,27,28). The number of nitrogens with one attached hydrogen (secondary N) is 3. The third-order valence-corrected chi connectivity index (χ3v) is 4.73. The molecule has 0 aromatic heterocycles. The summed E-state index contributed by atoms with van der Waals surface area (Å²) in [6, 6.07) is 5.39. The van der Waals surface area contributed by atoms with E-state index in [4.69, 9.17) is 4.74 Å². The van der Waals surface area contributed by atoms with E-state index < -0.39 is 23.4 Å². The molecule has 0 saturated heterocycles. The minimum Gasteiger partial charge on any atom is -0.460 e. The Morgan fingerprint density at radius 1 is 0.844 bits per heavy atom. The third-order valence-electron chi connectivity index (χ3n) is 4.73. The monoisotopic (exact) mass is 447 g/mol. The molecule has 0 radical (unpaired) electrons. The van der Waals surface area contributed by atoms with E-state index in [0.29, 0.717) is 5.69 Å². The molecule has 1 aromatic carbocycles. The zero-order valence-electron chi connectivity index (χ0n) is 20.4. The highest BCUT2D eigenvalue weighted by molar-refractivity contribution is 5.98. The Kier molecular flexibility index (Phi) is 9.87. The number of amides is 3. The molecule has 0 bridgehead atoms. The van der Waals surface area contributed by atoms with E-state index in [1.54, 1.807) is 65.8 Å². The van der Waals surface area contributed by atoms with Crippen LogP contribution < -0.4 is 16.0 Å². The molecule has 1 aromatic rings. The van der Waals surface area contributed by atoms with Crippen LogP contribution in [0.1, 0.15) is 61.0 Å². The fourth-order valence-corrected chi connectivity index (χ4v) is 2.52. The zero-order chi connectivity index (χ0) is 24.6. The number of carbonyl (C=O) groups is 4. The number of benzene rings is 1. The molecule has 0 spiro atoms. The lowest BCUT2D eigenvalue weighted by Gasteiger charge is -2.24. The van der Waals surface area contributed by atoms with Crippen molar-refractivity contribution in [1.82, 2.24) is 10.6 Å². The summed E-state index contributed by atoms with van der Waals surface area (Å²) >= 11 is 0.